The van der Waals surface area contributed by atoms with E-state index in [1.807, 2.05) is 6.92 Å². The lowest BCUT2D eigenvalue weighted by Gasteiger charge is -2.29. The summed E-state index contributed by atoms with van der Waals surface area (Å²) in [4.78, 5) is 26.2. The molecule has 116 valence electrons. The van der Waals surface area contributed by atoms with Crippen molar-refractivity contribution in [1.29, 1.82) is 0 Å². The minimum Gasteiger partial charge on any atom is -0.454 e. The molecule has 3 aliphatic rings. The smallest absolute Gasteiger partial charge is 0.248 e. The maximum atomic E-state index is 12.6. The van der Waals surface area contributed by atoms with E-state index in [2.05, 4.69) is 5.32 Å². The molecule has 0 aliphatic carbocycles. The Labute approximate surface area is 132 Å². The highest BCUT2D eigenvalue weighted by atomic mass is 32.2. The molecule has 6 nitrogen and oxygen atoms in total. The molecule has 0 saturated carbocycles. The van der Waals surface area contributed by atoms with E-state index in [9.17, 15) is 9.59 Å². The molecule has 7 heteroatoms. The van der Waals surface area contributed by atoms with Gasteiger partial charge in [-0.25, -0.2) is 0 Å². The van der Waals surface area contributed by atoms with Gasteiger partial charge < -0.3 is 19.7 Å². The average molecular weight is 320 g/mol. The highest BCUT2D eigenvalue weighted by Crippen LogP contribution is 2.47. The fourth-order valence-electron chi connectivity index (χ4n) is 3.21. The summed E-state index contributed by atoms with van der Waals surface area (Å²) in [6.45, 7) is 2.24. The van der Waals surface area contributed by atoms with Crippen LogP contribution in [-0.2, 0) is 9.59 Å². The predicted molar refractivity (Wildman–Crippen MR) is 81.9 cm³/mol. The van der Waals surface area contributed by atoms with Gasteiger partial charge in [0.15, 0.2) is 11.5 Å². The topological polar surface area (TPSA) is 67.9 Å². The van der Waals surface area contributed by atoms with Crippen molar-refractivity contribution in [2.75, 3.05) is 17.9 Å². The number of carbonyl (C=O) groups is 2. The Hall–Kier alpha value is -1.89. The van der Waals surface area contributed by atoms with Crippen LogP contribution < -0.4 is 14.8 Å². The van der Waals surface area contributed by atoms with Gasteiger partial charge in [0.05, 0.1) is 4.87 Å². The molecule has 2 atom stereocenters. The summed E-state index contributed by atoms with van der Waals surface area (Å²) in [7, 11) is 0. The van der Waals surface area contributed by atoms with E-state index in [1.54, 1.807) is 34.9 Å². The number of nitrogens with one attached hydrogen (secondary N) is 1. The van der Waals surface area contributed by atoms with Crippen LogP contribution in [0.3, 0.4) is 0 Å². The van der Waals surface area contributed by atoms with Gasteiger partial charge in [0.1, 0.15) is 6.04 Å². The number of carbonyl (C=O) groups excluding carboxylic acids is 2. The van der Waals surface area contributed by atoms with E-state index < -0.39 is 6.04 Å². The highest BCUT2D eigenvalue weighted by Gasteiger charge is 2.52. The molecule has 0 radical (unpaired) electrons. The fourth-order valence-corrected chi connectivity index (χ4v) is 4.65. The van der Waals surface area contributed by atoms with E-state index >= 15 is 0 Å². The number of amides is 2. The zero-order valence-corrected chi connectivity index (χ0v) is 12.9. The molecule has 22 heavy (non-hydrogen) atoms. The van der Waals surface area contributed by atoms with Crippen LogP contribution in [0.2, 0.25) is 0 Å². The molecule has 3 aliphatic heterocycles. The second kappa shape index (κ2) is 4.81. The van der Waals surface area contributed by atoms with Crippen LogP contribution in [0.25, 0.3) is 0 Å². The molecule has 2 saturated heterocycles. The summed E-state index contributed by atoms with van der Waals surface area (Å²) in [6.07, 6.45) is 1.33. The second-order valence-corrected chi connectivity index (χ2v) is 7.32. The largest absolute Gasteiger partial charge is 0.454 e. The van der Waals surface area contributed by atoms with Gasteiger partial charge >= 0.3 is 0 Å². The molecule has 2 fully saturated rings. The molecule has 0 spiro atoms. The molecule has 4 rings (SSSR count). The number of fused-ring (bicyclic) bond motifs is 2. The third-order valence-corrected chi connectivity index (χ3v) is 5.89. The molecule has 3 heterocycles. The Kier molecular flexibility index (Phi) is 3.00. The Morgan fingerprint density at radius 1 is 1.41 bits per heavy atom. The molecule has 1 N–H and O–H groups in total. The summed E-state index contributed by atoms with van der Waals surface area (Å²) in [6, 6.07) is 4.88. The van der Waals surface area contributed by atoms with Crippen molar-refractivity contribution < 1.29 is 19.1 Å². The van der Waals surface area contributed by atoms with E-state index in [0.717, 1.165) is 6.42 Å². The number of ether oxygens (including phenoxy) is 2. The van der Waals surface area contributed by atoms with Gasteiger partial charge in [0.25, 0.3) is 0 Å². The first-order valence-electron chi connectivity index (χ1n) is 7.23. The Morgan fingerprint density at radius 2 is 2.23 bits per heavy atom. The van der Waals surface area contributed by atoms with Crippen LogP contribution in [0, 0.1) is 0 Å². The number of thioether (sulfide) groups is 1. The second-order valence-electron chi connectivity index (χ2n) is 5.82. The Bertz CT molecular complexity index is 665. The predicted octanol–water partition coefficient (Wildman–Crippen LogP) is 1.81. The summed E-state index contributed by atoms with van der Waals surface area (Å²) < 4.78 is 10.6. The van der Waals surface area contributed by atoms with Gasteiger partial charge in [0.2, 0.25) is 18.6 Å². The number of anilines is 1. The third kappa shape index (κ3) is 2.03. The van der Waals surface area contributed by atoms with Gasteiger partial charge in [-0.05, 0) is 25.5 Å². The lowest BCUT2D eigenvalue weighted by Crippen LogP contribution is -2.48. The van der Waals surface area contributed by atoms with Crippen LogP contribution in [0.5, 0.6) is 11.5 Å². The minimum absolute atomic E-state index is 0.0679. The van der Waals surface area contributed by atoms with E-state index in [4.69, 9.17) is 9.47 Å². The summed E-state index contributed by atoms with van der Waals surface area (Å²) in [5.41, 5.74) is 0.652. The van der Waals surface area contributed by atoms with Crippen LogP contribution in [-0.4, -0.2) is 40.2 Å². The van der Waals surface area contributed by atoms with Crippen molar-refractivity contribution in [1.82, 2.24) is 4.90 Å². The molecule has 1 aromatic carbocycles. The molecule has 0 bridgehead atoms. The first-order valence-corrected chi connectivity index (χ1v) is 8.22. The van der Waals surface area contributed by atoms with Crippen molar-refractivity contribution >= 4 is 29.3 Å². The maximum Gasteiger partial charge on any atom is 0.248 e. The third-order valence-electron chi connectivity index (χ3n) is 4.39. The Balaban J connectivity index is 1.52. The lowest BCUT2D eigenvalue weighted by molar-refractivity contribution is -0.135. The molecule has 2 amide bonds. The van der Waals surface area contributed by atoms with Crippen LogP contribution in [0.15, 0.2) is 18.2 Å². The molecule has 0 aromatic heterocycles. The van der Waals surface area contributed by atoms with E-state index in [1.165, 1.54) is 0 Å². The molecular formula is C15H16N2O4S. The number of hydrogen-bond acceptors (Lipinski definition) is 5. The highest BCUT2D eigenvalue weighted by molar-refractivity contribution is 8.01. The molecular weight excluding hydrogens is 304 g/mol. The van der Waals surface area contributed by atoms with E-state index in [0.29, 0.717) is 29.4 Å². The van der Waals surface area contributed by atoms with Gasteiger partial charge in [0, 0.05) is 23.9 Å². The number of hydrogen-bond donors (Lipinski definition) is 1. The standard InChI is InChI=1S/C15H16N2O4S/c1-15-5-4-13(18)17(15)10(7-22-15)14(19)16-9-2-3-11-12(6-9)21-8-20-11/h2-3,6,10H,4-5,7-8H2,1H3,(H,16,19)/t10-,15+/m1/s1. The van der Waals surface area contributed by atoms with Gasteiger partial charge in [-0.1, -0.05) is 0 Å². The SMILES string of the molecule is C[C@]12CCC(=O)N1[C@@H](C(=O)Nc1ccc3c(c1)OCO3)CS2. The van der Waals surface area contributed by atoms with Crippen LogP contribution in [0.4, 0.5) is 5.69 Å². The van der Waals surface area contributed by atoms with Gasteiger partial charge in [-0.3, -0.25) is 9.59 Å². The van der Waals surface area contributed by atoms with Crippen molar-refractivity contribution in [2.24, 2.45) is 0 Å². The summed E-state index contributed by atoms with van der Waals surface area (Å²) in [5.74, 6) is 1.86. The number of nitrogens with zero attached hydrogens (tertiary/aromatic N) is 1. The van der Waals surface area contributed by atoms with E-state index in [-0.39, 0.29) is 23.5 Å². The average Bonchev–Trinajstić information content (AvgIpc) is 3.15. The van der Waals surface area contributed by atoms with Crippen molar-refractivity contribution in [2.45, 2.75) is 30.7 Å². The minimum atomic E-state index is -0.407. The van der Waals surface area contributed by atoms with Crippen LogP contribution >= 0.6 is 11.8 Å². The Morgan fingerprint density at radius 3 is 3.09 bits per heavy atom. The lowest BCUT2D eigenvalue weighted by atomic mass is 10.2. The zero-order chi connectivity index (χ0) is 15.3. The molecule has 0 unspecified atom stereocenters. The van der Waals surface area contributed by atoms with Crippen molar-refractivity contribution in [3.8, 4) is 11.5 Å². The van der Waals surface area contributed by atoms with Crippen molar-refractivity contribution in [3.05, 3.63) is 18.2 Å². The first-order chi connectivity index (χ1) is 10.6. The van der Waals surface area contributed by atoms with Gasteiger partial charge in [-0.15, -0.1) is 11.8 Å². The normalized spacial score (nSPS) is 28.9. The summed E-state index contributed by atoms with van der Waals surface area (Å²) in [5, 5.41) is 2.88. The number of rotatable bonds is 2. The quantitative estimate of drug-likeness (QED) is 0.900. The van der Waals surface area contributed by atoms with Crippen LogP contribution in [0.1, 0.15) is 19.8 Å². The summed E-state index contributed by atoms with van der Waals surface area (Å²) >= 11 is 1.69. The fraction of sp³-hybridized carbons (Fsp3) is 0.467. The van der Waals surface area contributed by atoms with Crippen molar-refractivity contribution in [3.63, 3.8) is 0 Å². The maximum absolute atomic E-state index is 12.6. The number of benzene rings is 1. The first kappa shape index (κ1) is 13.8. The zero-order valence-electron chi connectivity index (χ0n) is 12.1. The van der Waals surface area contributed by atoms with Gasteiger partial charge in [-0.2, -0.15) is 0 Å². The molecule has 1 aromatic rings. The monoisotopic (exact) mass is 320 g/mol.